The molecule has 0 aromatic rings. The second-order valence-corrected chi connectivity index (χ2v) is 3.13. The second kappa shape index (κ2) is 4.04. The van der Waals surface area contributed by atoms with Gasteiger partial charge in [0.25, 0.3) is 0 Å². The first kappa shape index (κ1) is 8.97. The Morgan fingerprint density at radius 2 is 2.09 bits per heavy atom. The summed E-state index contributed by atoms with van der Waals surface area (Å²) >= 11 is 0. The van der Waals surface area contributed by atoms with Crippen LogP contribution in [-0.4, -0.2) is 28.7 Å². The van der Waals surface area contributed by atoms with E-state index in [1.54, 1.807) is 0 Å². The highest BCUT2D eigenvalue weighted by atomic mass is 16.6. The molecule has 3 nitrogen and oxygen atoms in total. The van der Waals surface area contributed by atoms with E-state index in [0.717, 1.165) is 12.8 Å². The van der Waals surface area contributed by atoms with Crippen molar-refractivity contribution in [2.45, 2.75) is 51.1 Å². The fraction of sp³-hybridized carbons (Fsp3) is 1.00. The lowest BCUT2D eigenvalue weighted by molar-refractivity contribution is -0.190. The van der Waals surface area contributed by atoms with Gasteiger partial charge in [-0.25, -0.2) is 0 Å². The van der Waals surface area contributed by atoms with Crippen LogP contribution in [0.3, 0.4) is 0 Å². The maximum atomic E-state index is 9.24. The minimum atomic E-state index is -0.754. The number of aliphatic hydroxyl groups is 2. The van der Waals surface area contributed by atoms with Gasteiger partial charge in [0.2, 0.25) is 0 Å². The number of hydrogen-bond donors (Lipinski definition) is 2. The van der Waals surface area contributed by atoms with Gasteiger partial charge in [-0.15, -0.1) is 0 Å². The van der Waals surface area contributed by atoms with Gasteiger partial charge in [0.15, 0.2) is 6.29 Å². The average molecular weight is 160 g/mol. The molecule has 0 spiro atoms. The van der Waals surface area contributed by atoms with E-state index in [0.29, 0.717) is 12.8 Å². The van der Waals surface area contributed by atoms with E-state index in [1.807, 2.05) is 0 Å². The van der Waals surface area contributed by atoms with Gasteiger partial charge in [0.05, 0.1) is 12.2 Å². The molecule has 3 heteroatoms. The van der Waals surface area contributed by atoms with Crippen LogP contribution in [0.15, 0.2) is 0 Å². The lowest BCUT2D eigenvalue weighted by Crippen LogP contribution is -2.35. The Morgan fingerprint density at radius 3 is 2.64 bits per heavy atom. The van der Waals surface area contributed by atoms with E-state index in [4.69, 9.17) is 9.84 Å². The van der Waals surface area contributed by atoms with E-state index in [1.165, 1.54) is 0 Å². The Kier molecular flexibility index (Phi) is 3.30. The normalized spacial score (nSPS) is 39.0. The smallest absolute Gasteiger partial charge is 0.157 e. The molecule has 0 radical (unpaired) electrons. The van der Waals surface area contributed by atoms with Crippen LogP contribution < -0.4 is 0 Å². The Labute approximate surface area is 67.0 Å². The molecule has 1 fully saturated rings. The predicted octanol–water partition coefficient (Wildman–Crippen LogP) is 0.645. The monoisotopic (exact) mass is 160 g/mol. The van der Waals surface area contributed by atoms with Crippen molar-refractivity contribution in [3.63, 3.8) is 0 Å². The van der Waals surface area contributed by atoms with Crippen LogP contribution in [0.1, 0.15) is 32.6 Å². The molecule has 0 bridgehead atoms. The van der Waals surface area contributed by atoms with Crippen LogP contribution in [-0.2, 0) is 4.74 Å². The van der Waals surface area contributed by atoms with Gasteiger partial charge in [0.1, 0.15) is 0 Å². The van der Waals surface area contributed by atoms with Crippen LogP contribution in [0.2, 0.25) is 0 Å². The molecule has 1 heterocycles. The van der Waals surface area contributed by atoms with Crippen molar-refractivity contribution in [2.75, 3.05) is 0 Å². The summed E-state index contributed by atoms with van der Waals surface area (Å²) in [6.45, 7) is 2.07. The number of hydrogen-bond acceptors (Lipinski definition) is 3. The van der Waals surface area contributed by atoms with Crippen molar-refractivity contribution >= 4 is 0 Å². The lowest BCUT2D eigenvalue weighted by atomic mass is 10.0. The largest absolute Gasteiger partial charge is 0.393 e. The van der Waals surface area contributed by atoms with Crippen molar-refractivity contribution in [1.29, 1.82) is 0 Å². The zero-order valence-electron chi connectivity index (χ0n) is 6.86. The van der Waals surface area contributed by atoms with Gasteiger partial charge < -0.3 is 14.9 Å². The van der Waals surface area contributed by atoms with Crippen molar-refractivity contribution < 1.29 is 14.9 Å². The zero-order chi connectivity index (χ0) is 8.27. The van der Waals surface area contributed by atoms with Gasteiger partial charge in [0, 0.05) is 6.42 Å². The molecule has 66 valence electrons. The van der Waals surface area contributed by atoms with Crippen molar-refractivity contribution in [1.82, 2.24) is 0 Å². The number of aliphatic hydroxyl groups excluding tert-OH is 2. The van der Waals surface area contributed by atoms with Crippen molar-refractivity contribution in [3.8, 4) is 0 Å². The first-order valence-electron chi connectivity index (χ1n) is 4.24. The molecule has 0 aromatic carbocycles. The number of ether oxygens (including phenoxy) is 1. The van der Waals surface area contributed by atoms with Crippen LogP contribution in [0, 0.1) is 0 Å². The summed E-state index contributed by atoms with van der Waals surface area (Å²) in [7, 11) is 0. The van der Waals surface area contributed by atoms with Crippen LogP contribution in [0.5, 0.6) is 0 Å². The summed E-state index contributed by atoms with van der Waals surface area (Å²) in [6, 6.07) is 0. The molecule has 1 saturated heterocycles. The van der Waals surface area contributed by atoms with Gasteiger partial charge in [-0.05, 0) is 12.8 Å². The molecule has 1 aliphatic heterocycles. The summed E-state index contributed by atoms with van der Waals surface area (Å²) in [5.41, 5.74) is 0. The zero-order valence-corrected chi connectivity index (χ0v) is 6.86. The van der Waals surface area contributed by atoms with Gasteiger partial charge >= 0.3 is 0 Å². The summed E-state index contributed by atoms with van der Waals surface area (Å²) in [5.74, 6) is 0. The van der Waals surface area contributed by atoms with Crippen LogP contribution >= 0.6 is 0 Å². The predicted molar refractivity (Wildman–Crippen MR) is 41.0 cm³/mol. The number of rotatable bonds is 2. The van der Waals surface area contributed by atoms with E-state index in [9.17, 15) is 5.11 Å². The van der Waals surface area contributed by atoms with Crippen molar-refractivity contribution in [2.24, 2.45) is 0 Å². The molecule has 1 rings (SSSR count). The molecular weight excluding hydrogens is 144 g/mol. The summed E-state index contributed by atoms with van der Waals surface area (Å²) in [5, 5.41) is 18.3. The minimum Gasteiger partial charge on any atom is -0.393 e. The molecule has 0 saturated carbocycles. The maximum Gasteiger partial charge on any atom is 0.157 e. The molecule has 1 aliphatic rings. The first-order chi connectivity index (χ1) is 5.22. The molecule has 2 N–H and O–H groups in total. The van der Waals surface area contributed by atoms with E-state index in [2.05, 4.69) is 6.92 Å². The standard InChI is InChI=1S/C8H16O3/c1-2-3-7-4-6(9)5-8(10)11-7/h6-10H,2-5H2,1H3/t6-,7-,8?/m1/s1. The van der Waals surface area contributed by atoms with Crippen molar-refractivity contribution in [3.05, 3.63) is 0 Å². The summed E-state index contributed by atoms with van der Waals surface area (Å²) in [4.78, 5) is 0. The molecular formula is C8H16O3. The van der Waals surface area contributed by atoms with E-state index >= 15 is 0 Å². The molecule has 11 heavy (non-hydrogen) atoms. The van der Waals surface area contributed by atoms with E-state index < -0.39 is 6.29 Å². The Bertz CT molecular complexity index is 106. The van der Waals surface area contributed by atoms with Gasteiger partial charge in [-0.2, -0.15) is 0 Å². The summed E-state index contributed by atoms with van der Waals surface area (Å²) < 4.78 is 5.19. The molecule has 0 aromatic heterocycles. The second-order valence-electron chi connectivity index (χ2n) is 3.13. The molecule has 0 aliphatic carbocycles. The molecule has 3 atom stereocenters. The Morgan fingerprint density at radius 1 is 1.36 bits per heavy atom. The highest BCUT2D eigenvalue weighted by molar-refractivity contribution is 4.71. The summed E-state index contributed by atoms with van der Waals surface area (Å²) in [6.07, 6.45) is 1.91. The average Bonchev–Trinajstić information content (AvgIpc) is 1.85. The van der Waals surface area contributed by atoms with Gasteiger partial charge in [-0.3, -0.25) is 0 Å². The quantitative estimate of drug-likeness (QED) is 0.623. The Hall–Kier alpha value is -0.120. The third-order valence-electron chi connectivity index (χ3n) is 1.97. The topological polar surface area (TPSA) is 49.7 Å². The first-order valence-corrected chi connectivity index (χ1v) is 4.24. The lowest BCUT2D eigenvalue weighted by Gasteiger charge is -2.29. The fourth-order valence-corrected chi connectivity index (χ4v) is 1.47. The van der Waals surface area contributed by atoms with E-state index in [-0.39, 0.29) is 12.2 Å². The molecule has 1 unspecified atom stereocenters. The SMILES string of the molecule is CCC[C@@H]1C[C@@H](O)CC(O)O1. The third kappa shape index (κ3) is 2.77. The molecule has 0 amide bonds. The fourth-order valence-electron chi connectivity index (χ4n) is 1.47. The minimum absolute atomic E-state index is 0.0544. The third-order valence-corrected chi connectivity index (χ3v) is 1.97. The van der Waals surface area contributed by atoms with Gasteiger partial charge in [-0.1, -0.05) is 13.3 Å². The Balaban J connectivity index is 2.30. The van der Waals surface area contributed by atoms with Crippen LogP contribution in [0.4, 0.5) is 0 Å². The highest BCUT2D eigenvalue weighted by Gasteiger charge is 2.25. The van der Waals surface area contributed by atoms with Crippen LogP contribution in [0.25, 0.3) is 0 Å². The highest BCUT2D eigenvalue weighted by Crippen LogP contribution is 2.20. The maximum absolute atomic E-state index is 9.24.